The Morgan fingerprint density at radius 2 is 1.90 bits per heavy atom. The van der Waals surface area contributed by atoms with Gasteiger partial charge in [0.2, 0.25) is 5.91 Å². The number of carbonyl (C=O) groups is 1. The van der Waals surface area contributed by atoms with E-state index in [1.54, 1.807) is 12.1 Å². The highest BCUT2D eigenvalue weighted by molar-refractivity contribution is 14.0. The van der Waals surface area contributed by atoms with Crippen LogP contribution in [0, 0.1) is 11.7 Å². The molecule has 0 aliphatic carbocycles. The number of nitrogens with zero attached hydrogens (tertiary/aromatic N) is 1. The molecule has 1 aromatic carbocycles. The second-order valence-corrected chi connectivity index (χ2v) is 6.87. The van der Waals surface area contributed by atoms with E-state index in [1.807, 2.05) is 13.8 Å². The molecule has 0 aliphatic rings. The second kappa shape index (κ2) is 16.4. The van der Waals surface area contributed by atoms with Crippen LogP contribution < -0.4 is 16.0 Å². The molecular formula is C21H36FIN4O2. The molecule has 0 bridgehead atoms. The van der Waals surface area contributed by atoms with Gasteiger partial charge in [-0.05, 0) is 43.9 Å². The minimum Gasteiger partial charge on any atom is -0.378 e. The van der Waals surface area contributed by atoms with Crippen molar-refractivity contribution in [2.24, 2.45) is 10.9 Å². The first-order chi connectivity index (χ1) is 13.5. The smallest absolute Gasteiger partial charge is 0.224 e. The third-order valence-corrected chi connectivity index (χ3v) is 4.15. The van der Waals surface area contributed by atoms with Crippen LogP contribution in [-0.2, 0) is 16.0 Å². The molecule has 0 spiro atoms. The molecule has 6 nitrogen and oxygen atoms in total. The molecule has 0 aromatic heterocycles. The van der Waals surface area contributed by atoms with Gasteiger partial charge in [0.05, 0.1) is 12.5 Å². The molecule has 0 saturated heterocycles. The van der Waals surface area contributed by atoms with Crippen LogP contribution in [-0.4, -0.2) is 50.8 Å². The molecule has 166 valence electrons. The van der Waals surface area contributed by atoms with E-state index < -0.39 is 0 Å². The number of nitrogens with one attached hydrogen (secondary N) is 3. The zero-order chi connectivity index (χ0) is 20.8. The van der Waals surface area contributed by atoms with Crippen molar-refractivity contribution in [3.63, 3.8) is 0 Å². The standard InChI is InChI=1S/C21H35FN4O2.HI/c1-5-23-21(25-11-10-19(16(3)4)28-6-2)26-13-12-24-20(27)15-17-8-7-9-18(22)14-17;/h7-9,14,16,19H,5-6,10-13,15H2,1-4H3,(H,24,27)(H2,23,25,26);1H. The summed E-state index contributed by atoms with van der Waals surface area (Å²) in [6.07, 6.45) is 1.24. The minimum atomic E-state index is -0.331. The van der Waals surface area contributed by atoms with Gasteiger partial charge in [-0.1, -0.05) is 26.0 Å². The van der Waals surface area contributed by atoms with Crippen molar-refractivity contribution in [1.29, 1.82) is 0 Å². The van der Waals surface area contributed by atoms with Gasteiger partial charge in [0.1, 0.15) is 5.82 Å². The van der Waals surface area contributed by atoms with Crippen LogP contribution in [0.1, 0.15) is 39.7 Å². The zero-order valence-corrected chi connectivity index (χ0v) is 20.3. The van der Waals surface area contributed by atoms with Gasteiger partial charge in [0, 0.05) is 32.8 Å². The maximum Gasteiger partial charge on any atom is 0.224 e. The summed E-state index contributed by atoms with van der Waals surface area (Å²) in [4.78, 5) is 16.5. The SMILES string of the molecule is CCNC(=NCCC(OCC)C(C)C)NCCNC(=O)Cc1cccc(F)c1.I. The lowest BCUT2D eigenvalue weighted by molar-refractivity contribution is -0.120. The fraction of sp³-hybridized carbons (Fsp3) is 0.619. The lowest BCUT2D eigenvalue weighted by Crippen LogP contribution is -2.42. The molecular weight excluding hydrogens is 486 g/mol. The maximum atomic E-state index is 13.2. The van der Waals surface area contributed by atoms with E-state index in [4.69, 9.17) is 4.74 Å². The van der Waals surface area contributed by atoms with E-state index in [2.05, 4.69) is 34.8 Å². The summed E-state index contributed by atoms with van der Waals surface area (Å²) < 4.78 is 18.9. The first kappa shape index (κ1) is 27.6. The molecule has 1 rings (SSSR count). The number of halogens is 2. The fourth-order valence-corrected chi connectivity index (χ4v) is 2.75. The highest BCUT2D eigenvalue weighted by Gasteiger charge is 2.12. The van der Waals surface area contributed by atoms with E-state index in [1.165, 1.54) is 12.1 Å². The predicted molar refractivity (Wildman–Crippen MR) is 127 cm³/mol. The van der Waals surface area contributed by atoms with Crippen molar-refractivity contribution in [3.05, 3.63) is 35.6 Å². The number of hydrogen-bond acceptors (Lipinski definition) is 3. The van der Waals surface area contributed by atoms with Crippen molar-refractivity contribution in [2.75, 3.05) is 32.8 Å². The van der Waals surface area contributed by atoms with E-state index in [-0.39, 0.29) is 48.2 Å². The lowest BCUT2D eigenvalue weighted by Gasteiger charge is -2.20. The Labute approximate surface area is 191 Å². The Kier molecular flexibility index (Phi) is 15.6. The Morgan fingerprint density at radius 1 is 1.17 bits per heavy atom. The second-order valence-electron chi connectivity index (χ2n) is 6.87. The Bertz CT molecular complexity index is 614. The van der Waals surface area contributed by atoms with Crippen molar-refractivity contribution >= 4 is 35.8 Å². The summed E-state index contributed by atoms with van der Waals surface area (Å²) in [5.74, 6) is 0.716. The van der Waals surface area contributed by atoms with E-state index in [0.29, 0.717) is 37.7 Å². The number of rotatable bonds is 12. The molecule has 0 aliphatic heterocycles. The van der Waals surface area contributed by atoms with E-state index >= 15 is 0 Å². The molecule has 8 heteroatoms. The summed E-state index contributed by atoms with van der Waals surface area (Å²) in [5, 5.41) is 9.23. The summed E-state index contributed by atoms with van der Waals surface area (Å²) in [6, 6.07) is 6.09. The number of amides is 1. The van der Waals surface area contributed by atoms with Gasteiger partial charge in [-0.25, -0.2) is 4.39 Å². The quantitative estimate of drug-likeness (QED) is 0.171. The molecule has 3 N–H and O–H groups in total. The lowest BCUT2D eigenvalue weighted by atomic mass is 10.0. The van der Waals surface area contributed by atoms with Gasteiger partial charge >= 0.3 is 0 Å². The maximum absolute atomic E-state index is 13.2. The number of hydrogen-bond donors (Lipinski definition) is 3. The molecule has 1 atom stereocenters. The Morgan fingerprint density at radius 3 is 2.52 bits per heavy atom. The first-order valence-corrected chi connectivity index (χ1v) is 10.1. The topological polar surface area (TPSA) is 74.8 Å². The van der Waals surface area contributed by atoms with Crippen LogP contribution in [0.15, 0.2) is 29.3 Å². The fourth-order valence-electron chi connectivity index (χ4n) is 2.75. The van der Waals surface area contributed by atoms with Crippen LogP contribution in [0.5, 0.6) is 0 Å². The van der Waals surface area contributed by atoms with Crippen molar-refractivity contribution in [1.82, 2.24) is 16.0 Å². The number of aliphatic imine (C=N–C) groups is 1. The summed E-state index contributed by atoms with van der Waals surface area (Å²) in [6.45, 7) is 11.5. The average molecular weight is 522 g/mol. The highest BCUT2D eigenvalue weighted by Crippen LogP contribution is 2.10. The zero-order valence-electron chi connectivity index (χ0n) is 18.0. The highest BCUT2D eigenvalue weighted by atomic mass is 127. The molecule has 1 amide bonds. The van der Waals surface area contributed by atoms with Crippen LogP contribution >= 0.6 is 24.0 Å². The molecule has 1 aromatic rings. The van der Waals surface area contributed by atoms with Crippen molar-refractivity contribution in [3.8, 4) is 0 Å². The molecule has 29 heavy (non-hydrogen) atoms. The largest absolute Gasteiger partial charge is 0.378 e. The van der Waals surface area contributed by atoms with Crippen LogP contribution in [0.4, 0.5) is 4.39 Å². The third kappa shape index (κ3) is 12.7. The summed E-state index contributed by atoms with van der Waals surface area (Å²) in [5.41, 5.74) is 0.661. The van der Waals surface area contributed by atoms with Gasteiger partial charge < -0.3 is 20.7 Å². The third-order valence-electron chi connectivity index (χ3n) is 4.15. The normalized spacial score (nSPS) is 12.3. The first-order valence-electron chi connectivity index (χ1n) is 10.1. The number of guanidine groups is 1. The van der Waals surface area contributed by atoms with Crippen LogP contribution in [0.3, 0.4) is 0 Å². The van der Waals surface area contributed by atoms with Gasteiger partial charge in [-0.2, -0.15) is 0 Å². The van der Waals surface area contributed by atoms with E-state index in [9.17, 15) is 9.18 Å². The molecule has 1 unspecified atom stereocenters. The van der Waals surface area contributed by atoms with Crippen LogP contribution in [0.25, 0.3) is 0 Å². The van der Waals surface area contributed by atoms with Gasteiger partial charge in [-0.3, -0.25) is 9.79 Å². The monoisotopic (exact) mass is 522 g/mol. The van der Waals surface area contributed by atoms with E-state index in [0.717, 1.165) is 18.9 Å². The number of carbonyl (C=O) groups excluding carboxylic acids is 1. The number of benzene rings is 1. The summed E-state index contributed by atoms with van der Waals surface area (Å²) >= 11 is 0. The molecule has 0 heterocycles. The average Bonchev–Trinajstić information content (AvgIpc) is 2.64. The molecule has 0 saturated carbocycles. The molecule has 0 fully saturated rings. The Balaban J connectivity index is 0.00000784. The Hall–Kier alpha value is -1.42. The van der Waals surface area contributed by atoms with Gasteiger partial charge in [0.25, 0.3) is 0 Å². The van der Waals surface area contributed by atoms with Crippen molar-refractivity contribution in [2.45, 2.75) is 46.6 Å². The van der Waals surface area contributed by atoms with Crippen LogP contribution in [0.2, 0.25) is 0 Å². The number of ether oxygens (including phenoxy) is 1. The minimum absolute atomic E-state index is 0. The molecule has 0 radical (unpaired) electrons. The van der Waals surface area contributed by atoms with Gasteiger partial charge in [-0.15, -0.1) is 24.0 Å². The predicted octanol–water partition coefficient (Wildman–Crippen LogP) is 3.11. The summed E-state index contributed by atoms with van der Waals surface area (Å²) in [7, 11) is 0. The van der Waals surface area contributed by atoms with Gasteiger partial charge in [0.15, 0.2) is 5.96 Å². The van der Waals surface area contributed by atoms with Crippen molar-refractivity contribution < 1.29 is 13.9 Å².